The van der Waals surface area contributed by atoms with E-state index < -0.39 is 18.1 Å². The summed E-state index contributed by atoms with van der Waals surface area (Å²) in [5, 5.41) is 1.96. The lowest BCUT2D eigenvalue weighted by Gasteiger charge is -2.31. The predicted octanol–water partition coefficient (Wildman–Crippen LogP) is 2.68. The van der Waals surface area contributed by atoms with Crippen LogP contribution in [0.2, 0.25) is 0 Å². The molecule has 0 bridgehead atoms. The monoisotopic (exact) mass is 340 g/mol. The van der Waals surface area contributed by atoms with Crippen LogP contribution in [0, 0.1) is 6.92 Å². The molecule has 1 aromatic rings. The first-order valence-electron chi connectivity index (χ1n) is 7.67. The molecule has 4 nitrogen and oxygen atoms in total. The second kappa shape index (κ2) is 7.51. The van der Waals surface area contributed by atoms with Crippen LogP contribution >= 0.6 is 0 Å². The number of nitrogens with one attached hydrogen (secondary N) is 1. The number of amides is 2. The SMILES string of the molecule is Cc1cccc(/C=C/C(=O)N2CCC(NC(=O)C(F)(F)F)CC2)c1. The molecule has 1 heterocycles. The molecular weight excluding hydrogens is 321 g/mol. The Morgan fingerprint density at radius 1 is 1.25 bits per heavy atom. The Morgan fingerprint density at radius 2 is 1.92 bits per heavy atom. The molecule has 0 radical (unpaired) electrons. The number of carbonyl (C=O) groups excluding carboxylic acids is 2. The largest absolute Gasteiger partial charge is 0.471 e. The maximum absolute atomic E-state index is 12.2. The Labute approximate surface area is 138 Å². The first-order valence-corrected chi connectivity index (χ1v) is 7.67. The summed E-state index contributed by atoms with van der Waals surface area (Å²) in [5.74, 6) is -2.11. The molecule has 1 aliphatic rings. The lowest BCUT2D eigenvalue weighted by Crippen LogP contribution is -2.49. The van der Waals surface area contributed by atoms with Crippen molar-refractivity contribution in [1.82, 2.24) is 10.2 Å². The third-order valence-electron chi connectivity index (χ3n) is 3.86. The van der Waals surface area contributed by atoms with Gasteiger partial charge < -0.3 is 10.2 Å². The maximum Gasteiger partial charge on any atom is 0.471 e. The fourth-order valence-corrected chi connectivity index (χ4v) is 2.56. The summed E-state index contributed by atoms with van der Waals surface area (Å²) in [6.07, 6.45) is -1.07. The van der Waals surface area contributed by atoms with Gasteiger partial charge in [-0.2, -0.15) is 13.2 Å². The van der Waals surface area contributed by atoms with Crippen LogP contribution in [0.4, 0.5) is 13.2 Å². The number of likely N-dealkylation sites (tertiary alicyclic amines) is 1. The van der Waals surface area contributed by atoms with Gasteiger partial charge in [-0.3, -0.25) is 9.59 Å². The Hall–Kier alpha value is -2.31. The topological polar surface area (TPSA) is 49.4 Å². The zero-order valence-electron chi connectivity index (χ0n) is 13.3. The molecule has 0 spiro atoms. The zero-order chi connectivity index (χ0) is 17.7. The number of piperidine rings is 1. The van der Waals surface area contributed by atoms with Crippen molar-refractivity contribution in [1.29, 1.82) is 0 Å². The molecule has 1 fully saturated rings. The van der Waals surface area contributed by atoms with Crippen LogP contribution in [0.5, 0.6) is 0 Å². The van der Waals surface area contributed by atoms with Crippen LogP contribution in [0.15, 0.2) is 30.3 Å². The number of hydrogen-bond acceptors (Lipinski definition) is 2. The average Bonchev–Trinajstić information content (AvgIpc) is 2.52. The minimum atomic E-state index is -4.87. The van der Waals surface area contributed by atoms with Gasteiger partial charge in [0.2, 0.25) is 5.91 Å². The smallest absolute Gasteiger partial charge is 0.345 e. The van der Waals surface area contributed by atoms with Crippen LogP contribution in [-0.2, 0) is 9.59 Å². The maximum atomic E-state index is 12.2. The number of alkyl halides is 3. The van der Waals surface area contributed by atoms with Gasteiger partial charge in [0.15, 0.2) is 0 Å². The van der Waals surface area contributed by atoms with Crippen molar-refractivity contribution < 1.29 is 22.8 Å². The molecule has 1 aliphatic heterocycles. The van der Waals surface area contributed by atoms with E-state index >= 15 is 0 Å². The van der Waals surface area contributed by atoms with Crippen LogP contribution in [0.3, 0.4) is 0 Å². The molecule has 1 saturated heterocycles. The van der Waals surface area contributed by atoms with Crippen molar-refractivity contribution in [3.8, 4) is 0 Å². The van der Waals surface area contributed by atoms with Crippen molar-refractivity contribution in [3.63, 3.8) is 0 Å². The van der Waals surface area contributed by atoms with Gasteiger partial charge in [-0.05, 0) is 31.4 Å². The number of nitrogens with zero attached hydrogens (tertiary/aromatic N) is 1. The summed E-state index contributed by atoms with van der Waals surface area (Å²) in [5.41, 5.74) is 2.00. The summed E-state index contributed by atoms with van der Waals surface area (Å²) in [6, 6.07) is 7.13. The van der Waals surface area contributed by atoms with E-state index in [9.17, 15) is 22.8 Å². The van der Waals surface area contributed by atoms with E-state index in [0.717, 1.165) is 11.1 Å². The molecule has 0 unspecified atom stereocenters. The van der Waals surface area contributed by atoms with Crippen molar-refractivity contribution in [3.05, 3.63) is 41.5 Å². The van der Waals surface area contributed by atoms with Crippen LogP contribution in [0.1, 0.15) is 24.0 Å². The third kappa shape index (κ3) is 5.11. The van der Waals surface area contributed by atoms with Crippen LogP contribution < -0.4 is 5.32 Å². The van der Waals surface area contributed by atoms with Gasteiger partial charge >= 0.3 is 12.1 Å². The van der Waals surface area contributed by atoms with E-state index in [1.807, 2.05) is 36.5 Å². The number of aryl methyl sites for hydroxylation is 1. The van der Waals surface area contributed by atoms with E-state index in [-0.39, 0.29) is 5.91 Å². The molecule has 0 atom stereocenters. The molecule has 7 heteroatoms. The molecule has 0 aliphatic carbocycles. The molecule has 1 N–H and O–H groups in total. The first kappa shape index (κ1) is 18.0. The number of hydrogen-bond donors (Lipinski definition) is 1. The third-order valence-corrected chi connectivity index (χ3v) is 3.86. The van der Waals surface area contributed by atoms with Gasteiger partial charge in [0.05, 0.1) is 0 Å². The number of rotatable bonds is 3. The molecule has 24 heavy (non-hydrogen) atoms. The summed E-state index contributed by atoms with van der Waals surface area (Å²) >= 11 is 0. The van der Waals surface area contributed by atoms with E-state index in [1.165, 1.54) is 6.08 Å². The molecule has 2 rings (SSSR count). The molecule has 2 amide bonds. The van der Waals surface area contributed by atoms with Gasteiger partial charge in [-0.1, -0.05) is 29.8 Å². The van der Waals surface area contributed by atoms with E-state index in [0.29, 0.717) is 25.9 Å². The predicted molar refractivity (Wildman–Crippen MR) is 84.0 cm³/mol. The van der Waals surface area contributed by atoms with Gasteiger partial charge in [-0.25, -0.2) is 0 Å². The Bertz CT molecular complexity index is 633. The minimum absolute atomic E-state index is 0.183. The standard InChI is InChI=1S/C17H19F3N2O2/c1-12-3-2-4-13(11-12)5-6-15(23)22-9-7-14(8-10-22)21-16(24)17(18,19)20/h2-6,11,14H,7-10H2,1H3,(H,21,24)/b6-5+. The number of carbonyl (C=O) groups is 2. The van der Waals surface area contributed by atoms with Crippen LogP contribution in [-0.4, -0.2) is 42.0 Å². The van der Waals surface area contributed by atoms with Gasteiger partial charge in [-0.15, -0.1) is 0 Å². The quantitative estimate of drug-likeness (QED) is 0.860. The summed E-state index contributed by atoms with van der Waals surface area (Å²) in [7, 11) is 0. The molecular formula is C17H19F3N2O2. The molecule has 0 saturated carbocycles. The normalized spacial score (nSPS) is 16.4. The molecule has 0 aromatic heterocycles. The molecule has 130 valence electrons. The Balaban J connectivity index is 1.83. The van der Waals surface area contributed by atoms with E-state index in [4.69, 9.17) is 0 Å². The molecule has 1 aromatic carbocycles. The second-order valence-electron chi connectivity index (χ2n) is 5.82. The lowest BCUT2D eigenvalue weighted by molar-refractivity contribution is -0.174. The van der Waals surface area contributed by atoms with Gasteiger partial charge in [0.25, 0.3) is 0 Å². The summed E-state index contributed by atoms with van der Waals surface area (Å²) in [4.78, 5) is 24.6. The van der Waals surface area contributed by atoms with Crippen molar-refractivity contribution in [2.45, 2.75) is 32.0 Å². The van der Waals surface area contributed by atoms with Gasteiger partial charge in [0, 0.05) is 25.2 Å². The Morgan fingerprint density at radius 3 is 2.50 bits per heavy atom. The minimum Gasteiger partial charge on any atom is -0.345 e. The highest BCUT2D eigenvalue weighted by Crippen LogP contribution is 2.17. The fraction of sp³-hybridized carbons (Fsp3) is 0.412. The summed E-state index contributed by atoms with van der Waals surface area (Å²) < 4.78 is 36.6. The first-order chi connectivity index (χ1) is 11.3. The van der Waals surface area contributed by atoms with E-state index in [1.54, 1.807) is 11.0 Å². The highest BCUT2D eigenvalue weighted by molar-refractivity contribution is 5.91. The highest BCUT2D eigenvalue weighted by atomic mass is 19.4. The highest BCUT2D eigenvalue weighted by Gasteiger charge is 2.40. The van der Waals surface area contributed by atoms with Crippen molar-refractivity contribution in [2.75, 3.05) is 13.1 Å². The van der Waals surface area contributed by atoms with Gasteiger partial charge in [0.1, 0.15) is 0 Å². The fourth-order valence-electron chi connectivity index (χ4n) is 2.56. The average molecular weight is 340 g/mol. The zero-order valence-corrected chi connectivity index (χ0v) is 13.3. The van der Waals surface area contributed by atoms with Crippen molar-refractivity contribution in [2.24, 2.45) is 0 Å². The van der Waals surface area contributed by atoms with E-state index in [2.05, 4.69) is 0 Å². The lowest BCUT2D eigenvalue weighted by atomic mass is 10.0. The van der Waals surface area contributed by atoms with Crippen LogP contribution in [0.25, 0.3) is 6.08 Å². The Kier molecular flexibility index (Phi) is 5.64. The van der Waals surface area contributed by atoms with Crippen molar-refractivity contribution >= 4 is 17.9 Å². The number of benzene rings is 1. The second-order valence-corrected chi connectivity index (χ2v) is 5.82. The number of halogens is 3. The summed E-state index contributed by atoms with van der Waals surface area (Å²) in [6.45, 7) is 2.60.